The molecule has 2 fully saturated rings. The fourth-order valence-electron chi connectivity index (χ4n) is 4.61. The average molecular weight is 333 g/mol. The number of nitrogens with one attached hydrogen (secondary N) is 2. The third kappa shape index (κ3) is 1.67. The zero-order valence-electron chi connectivity index (χ0n) is 14.2. The molecule has 24 heavy (non-hydrogen) atoms. The number of hydrogen-bond acceptors (Lipinski definition) is 7. The van der Waals surface area contributed by atoms with Crippen LogP contribution in [0.15, 0.2) is 22.5 Å². The topological polar surface area (TPSA) is 101 Å². The minimum Gasteiger partial charge on any atom is -0.396 e. The number of ether oxygens (including phenoxy) is 1. The summed E-state index contributed by atoms with van der Waals surface area (Å²) in [6.07, 6.45) is 0.857. The van der Waals surface area contributed by atoms with Crippen LogP contribution in [0.4, 0.5) is 0 Å². The van der Waals surface area contributed by atoms with Gasteiger partial charge in [0.05, 0.1) is 30.0 Å². The van der Waals surface area contributed by atoms with Gasteiger partial charge in [0.2, 0.25) is 11.6 Å². The van der Waals surface area contributed by atoms with E-state index < -0.39 is 11.6 Å². The number of hydrogen-bond donors (Lipinski definition) is 3. The lowest BCUT2D eigenvalue weighted by molar-refractivity contribution is -0.137. The minimum atomic E-state index is -0.837. The summed E-state index contributed by atoms with van der Waals surface area (Å²) in [7, 11) is 1.59. The molecule has 7 nitrogen and oxygen atoms in total. The van der Waals surface area contributed by atoms with Gasteiger partial charge in [0.1, 0.15) is 0 Å². The summed E-state index contributed by atoms with van der Waals surface area (Å²) in [5.74, 6) is -0.843. The number of nitrogens with zero attached hydrogens (tertiary/aromatic N) is 1. The predicted octanol–water partition coefficient (Wildman–Crippen LogP) is -0.713. The van der Waals surface area contributed by atoms with E-state index in [1.165, 1.54) is 0 Å². The van der Waals surface area contributed by atoms with E-state index in [-0.39, 0.29) is 30.3 Å². The van der Waals surface area contributed by atoms with E-state index in [0.29, 0.717) is 35.6 Å². The molecule has 2 saturated heterocycles. The van der Waals surface area contributed by atoms with E-state index in [1.807, 2.05) is 11.8 Å². The van der Waals surface area contributed by atoms with Crippen molar-refractivity contribution in [3.05, 3.63) is 22.5 Å². The largest absolute Gasteiger partial charge is 0.396 e. The van der Waals surface area contributed by atoms with Crippen LogP contribution in [-0.4, -0.2) is 66.2 Å². The van der Waals surface area contributed by atoms with Crippen molar-refractivity contribution >= 4 is 11.6 Å². The van der Waals surface area contributed by atoms with Gasteiger partial charge in [0.15, 0.2) is 5.72 Å². The van der Waals surface area contributed by atoms with Gasteiger partial charge in [-0.05, 0) is 13.3 Å². The molecule has 0 spiro atoms. The molecule has 0 bridgehead atoms. The van der Waals surface area contributed by atoms with Crippen LogP contribution in [0, 0.1) is 5.92 Å². The molecule has 4 unspecified atom stereocenters. The summed E-state index contributed by atoms with van der Waals surface area (Å²) >= 11 is 0. The number of rotatable bonds is 5. The van der Waals surface area contributed by atoms with Crippen LogP contribution in [0.5, 0.6) is 0 Å². The highest BCUT2D eigenvalue weighted by molar-refractivity contribution is 6.25. The van der Waals surface area contributed by atoms with Crippen LogP contribution in [-0.2, 0) is 14.3 Å². The molecule has 0 aromatic heterocycles. The maximum absolute atomic E-state index is 13.1. The van der Waals surface area contributed by atoms with Crippen molar-refractivity contribution in [2.24, 2.45) is 5.92 Å². The second-order valence-electron chi connectivity index (χ2n) is 6.90. The van der Waals surface area contributed by atoms with Crippen LogP contribution in [0.3, 0.4) is 0 Å². The number of ketones is 2. The first-order valence-electron chi connectivity index (χ1n) is 8.50. The highest BCUT2D eigenvalue weighted by Gasteiger charge is 2.72. The van der Waals surface area contributed by atoms with Gasteiger partial charge in [-0.15, -0.1) is 0 Å². The van der Waals surface area contributed by atoms with Gasteiger partial charge in [0.25, 0.3) is 0 Å². The quantitative estimate of drug-likeness (QED) is 0.451. The Bertz CT molecular complexity index is 698. The summed E-state index contributed by atoms with van der Waals surface area (Å²) < 4.78 is 5.84. The van der Waals surface area contributed by atoms with Crippen molar-refractivity contribution < 1.29 is 19.4 Å². The van der Waals surface area contributed by atoms with Crippen LogP contribution >= 0.6 is 0 Å². The summed E-state index contributed by atoms with van der Waals surface area (Å²) in [5.41, 5.74) is 0.807. The Balaban J connectivity index is 1.81. The van der Waals surface area contributed by atoms with Gasteiger partial charge in [0, 0.05) is 37.4 Å². The zero-order chi connectivity index (χ0) is 17.2. The van der Waals surface area contributed by atoms with Gasteiger partial charge >= 0.3 is 0 Å². The van der Waals surface area contributed by atoms with Crippen molar-refractivity contribution in [3.63, 3.8) is 0 Å². The number of methoxy groups -OCH3 is 1. The molecule has 0 aromatic carbocycles. The van der Waals surface area contributed by atoms with Gasteiger partial charge in [-0.25, -0.2) is 0 Å². The first-order valence-corrected chi connectivity index (χ1v) is 8.50. The number of carbonyl (C=O) groups is 2. The van der Waals surface area contributed by atoms with Gasteiger partial charge in [-0.2, -0.15) is 0 Å². The molecular weight excluding hydrogens is 310 g/mol. The standard InChI is InChI=1S/C17H23N3O4/c1-4-5-18-12-8(2)14(22)13-11(15(12)23)9(7-21)17(24-3)16-10(19-16)6-20(13)17/h9-10,16,18-19,21H,4-7H2,1-3H3. The molecule has 7 heteroatoms. The van der Waals surface area contributed by atoms with Crippen LogP contribution < -0.4 is 10.6 Å². The Morgan fingerprint density at radius 1 is 1.42 bits per heavy atom. The van der Waals surface area contributed by atoms with Crippen LogP contribution in [0.2, 0.25) is 0 Å². The Morgan fingerprint density at radius 2 is 2.17 bits per heavy atom. The number of piperazine rings is 1. The van der Waals surface area contributed by atoms with E-state index in [1.54, 1.807) is 14.0 Å². The SMILES string of the molecule is CCCNC1=C(C)C(=O)C2=C(C1=O)C(CO)C1(OC)C3NC3CN21. The lowest BCUT2D eigenvalue weighted by Crippen LogP contribution is -2.54. The molecule has 0 aromatic rings. The highest BCUT2D eigenvalue weighted by Crippen LogP contribution is 2.55. The molecule has 4 atom stereocenters. The maximum atomic E-state index is 13.1. The van der Waals surface area contributed by atoms with Crippen molar-refractivity contribution in [1.82, 2.24) is 15.5 Å². The second-order valence-corrected chi connectivity index (χ2v) is 6.90. The number of aliphatic hydroxyl groups excluding tert-OH is 1. The van der Waals surface area contributed by atoms with E-state index in [4.69, 9.17) is 4.74 Å². The summed E-state index contributed by atoms with van der Waals surface area (Å²) in [4.78, 5) is 28.0. The van der Waals surface area contributed by atoms with E-state index in [2.05, 4.69) is 10.6 Å². The molecule has 4 aliphatic rings. The molecule has 3 aliphatic heterocycles. The summed E-state index contributed by atoms with van der Waals surface area (Å²) in [5, 5.41) is 16.5. The Hall–Kier alpha value is -1.70. The molecule has 130 valence electrons. The van der Waals surface area contributed by atoms with E-state index >= 15 is 0 Å². The normalized spacial score (nSPS) is 37.0. The van der Waals surface area contributed by atoms with Crippen LogP contribution in [0.1, 0.15) is 20.3 Å². The zero-order valence-corrected chi connectivity index (χ0v) is 14.2. The first kappa shape index (κ1) is 15.8. The monoisotopic (exact) mass is 333 g/mol. The lowest BCUT2D eigenvalue weighted by Gasteiger charge is -2.39. The number of allylic oxidation sites excluding steroid dienone is 2. The molecule has 1 aliphatic carbocycles. The molecule has 3 N–H and O–H groups in total. The first-order chi connectivity index (χ1) is 11.5. The fourth-order valence-corrected chi connectivity index (χ4v) is 4.61. The number of fused-ring (bicyclic) bond motifs is 4. The number of aliphatic hydroxyl groups is 1. The molecule has 3 heterocycles. The highest BCUT2D eigenvalue weighted by atomic mass is 16.5. The summed E-state index contributed by atoms with van der Waals surface area (Å²) in [6, 6.07) is 0.290. The molecule has 0 radical (unpaired) electrons. The number of Topliss-reactive ketones (excluding diaryl/α,β-unsaturated/α-hetero) is 2. The smallest absolute Gasteiger partial charge is 0.208 e. The molecule has 0 saturated carbocycles. The fraction of sp³-hybridized carbons (Fsp3) is 0.647. The maximum Gasteiger partial charge on any atom is 0.208 e. The Labute approximate surface area is 140 Å². The van der Waals surface area contributed by atoms with Gasteiger partial charge < -0.3 is 25.4 Å². The third-order valence-electron chi connectivity index (χ3n) is 5.77. The lowest BCUT2D eigenvalue weighted by atomic mass is 9.82. The molecule has 0 amide bonds. The average Bonchev–Trinajstić information content (AvgIpc) is 3.19. The minimum absolute atomic E-state index is 0.0400. The van der Waals surface area contributed by atoms with Gasteiger partial charge in [-0.1, -0.05) is 6.92 Å². The Morgan fingerprint density at radius 3 is 2.79 bits per heavy atom. The summed E-state index contributed by atoms with van der Waals surface area (Å²) in [6.45, 7) is 4.72. The van der Waals surface area contributed by atoms with Crippen molar-refractivity contribution in [3.8, 4) is 0 Å². The predicted molar refractivity (Wildman–Crippen MR) is 85.8 cm³/mol. The molecule has 4 rings (SSSR count). The van der Waals surface area contributed by atoms with Crippen molar-refractivity contribution in [1.29, 1.82) is 0 Å². The molecular formula is C17H23N3O4. The van der Waals surface area contributed by atoms with E-state index in [0.717, 1.165) is 6.42 Å². The number of carbonyl (C=O) groups excluding carboxylic acids is 2. The van der Waals surface area contributed by atoms with Crippen molar-refractivity contribution in [2.45, 2.75) is 38.1 Å². The Kier molecular flexibility index (Phi) is 3.39. The van der Waals surface area contributed by atoms with Crippen LogP contribution in [0.25, 0.3) is 0 Å². The van der Waals surface area contributed by atoms with Crippen molar-refractivity contribution in [2.75, 3.05) is 26.8 Å². The van der Waals surface area contributed by atoms with E-state index in [9.17, 15) is 14.7 Å². The third-order valence-corrected chi connectivity index (χ3v) is 5.77. The van der Waals surface area contributed by atoms with Gasteiger partial charge in [-0.3, -0.25) is 9.59 Å². The second kappa shape index (κ2) is 5.15.